The summed E-state index contributed by atoms with van der Waals surface area (Å²) < 4.78 is 66.0. The van der Waals surface area contributed by atoms with E-state index >= 15 is 0 Å². The van der Waals surface area contributed by atoms with E-state index < -0.39 is 22.7 Å². The van der Waals surface area contributed by atoms with E-state index in [-0.39, 0.29) is 17.2 Å². The minimum absolute atomic E-state index is 0.0492. The summed E-state index contributed by atoms with van der Waals surface area (Å²) in [7, 11) is -3.10. The Balaban J connectivity index is 3.12. The van der Waals surface area contributed by atoms with Gasteiger partial charge in [-0.3, -0.25) is 0 Å². The molecule has 0 heterocycles. The highest BCUT2D eigenvalue weighted by Crippen LogP contribution is 2.25. The molecule has 0 saturated carbocycles. The smallest absolute Gasteiger partial charge is 0.402 e. The normalized spacial score (nSPS) is 12.5. The highest BCUT2D eigenvalue weighted by Gasteiger charge is 2.31. The standard InChI is InChI=1S/C10H13F3N2O3S/c1-18-8-3-2-7(5-14)4-9(8)19(16,17)15-6-10(11,12)13/h2-4,15H,5-6,14H2,1H3. The van der Waals surface area contributed by atoms with Crippen LogP contribution in [0.2, 0.25) is 0 Å². The summed E-state index contributed by atoms with van der Waals surface area (Å²) in [5.41, 5.74) is 5.83. The molecule has 0 aromatic heterocycles. The van der Waals surface area contributed by atoms with Crippen LogP contribution in [0.3, 0.4) is 0 Å². The van der Waals surface area contributed by atoms with E-state index in [1.54, 1.807) is 0 Å². The van der Waals surface area contributed by atoms with Gasteiger partial charge in [-0.25, -0.2) is 13.1 Å². The van der Waals surface area contributed by atoms with Gasteiger partial charge in [0.2, 0.25) is 10.0 Å². The fourth-order valence-electron chi connectivity index (χ4n) is 1.31. The SMILES string of the molecule is COc1ccc(CN)cc1S(=O)(=O)NCC(F)(F)F. The first kappa shape index (κ1) is 15.7. The third-order valence-electron chi connectivity index (χ3n) is 2.22. The minimum Gasteiger partial charge on any atom is -0.495 e. The molecule has 3 N–H and O–H groups in total. The van der Waals surface area contributed by atoms with Crippen LogP contribution in [-0.2, 0) is 16.6 Å². The fourth-order valence-corrected chi connectivity index (χ4v) is 2.54. The number of halogens is 3. The maximum atomic E-state index is 12.1. The number of methoxy groups -OCH3 is 1. The number of hydrogen-bond donors (Lipinski definition) is 2. The van der Waals surface area contributed by atoms with Gasteiger partial charge in [-0.1, -0.05) is 6.07 Å². The summed E-state index contributed by atoms with van der Waals surface area (Å²) in [6.45, 7) is -1.59. The van der Waals surface area contributed by atoms with E-state index in [0.29, 0.717) is 5.56 Å². The third-order valence-corrected chi connectivity index (χ3v) is 3.64. The van der Waals surface area contributed by atoms with E-state index in [1.807, 2.05) is 0 Å². The van der Waals surface area contributed by atoms with E-state index in [1.165, 1.54) is 30.0 Å². The van der Waals surface area contributed by atoms with Crippen LogP contribution in [0.1, 0.15) is 5.56 Å². The van der Waals surface area contributed by atoms with Gasteiger partial charge in [0.05, 0.1) is 7.11 Å². The zero-order valence-electron chi connectivity index (χ0n) is 9.99. The maximum Gasteiger partial charge on any atom is 0.402 e. The van der Waals surface area contributed by atoms with Crippen LogP contribution in [0.5, 0.6) is 5.75 Å². The molecule has 0 spiro atoms. The number of ether oxygens (including phenoxy) is 1. The minimum atomic E-state index is -4.63. The summed E-state index contributed by atoms with van der Waals surface area (Å²) in [5, 5.41) is 0. The van der Waals surface area contributed by atoms with Crippen LogP contribution >= 0.6 is 0 Å². The Kier molecular flexibility index (Phi) is 4.77. The zero-order valence-corrected chi connectivity index (χ0v) is 10.8. The Hall–Kier alpha value is -1.32. The molecule has 0 bridgehead atoms. The molecule has 5 nitrogen and oxygen atoms in total. The largest absolute Gasteiger partial charge is 0.495 e. The monoisotopic (exact) mass is 298 g/mol. The van der Waals surface area contributed by atoms with Crippen molar-refractivity contribution in [3.63, 3.8) is 0 Å². The molecule has 1 aromatic rings. The Morgan fingerprint density at radius 3 is 2.47 bits per heavy atom. The lowest BCUT2D eigenvalue weighted by molar-refractivity contribution is -0.121. The molecule has 19 heavy (non-hydrogen) atoms. The van der Waals surface area contributed by atoms with E-state index in [9.17, 15) is 21.6 Å². The number of alkyl halides is 3. The molecule has 0 unspecified atom stereocenters. The lowest BCUT2D eigenvalue weighted by Gasteiger charge is -2.13. The number of hydrogen-bond acceptors (Lipinski definition) is 4. The molecule has 0 saturated heterocycles. The number of benzene rings is 1. The van der Waals surface area contributed by atoms with Gasteiger partial charge in [-0.05, 0) is 17.7 Å². The quantitative estimate of drug-likeness (QED) is 0.849. The van der Waals surface area contributed by atoms with Gasteiger partial charge in [0.15, 0.2) is 0 Å². The lowest BCUT2D eigenvalue weighted by Crippen LogP contribution is -2.34. The summed E-state index contributed by atoms with van der Waals surface area (Å²) >= 11 is 0. The number of sulfonamides is 1. The van der Waals surface area contributed by atoms with Crippen molar-refractivity contribution in [1.29, 1.82) is 0 Å². The van der Waals surface area contributed by atoms with Gasteiger partial charge < -0.3 is 10.5 Å². The molecule has 1 aromatic carbocycles. The summed E-state index contributed by atoms with van der Waals surface area (Å²) in [4.78, 5) is -0.373. The number of nitrogens with one attached hydrogen (secondary N) is 1. The molecule has 108 valence electrons. The van der Waals surface area contributed by atoms with Crippen molar-refractivity contribution in [2.75, 3.05) is 13.7 Å². The van der Waals surface area contributed by atoms with E-state index in [0.717, 1.165) is 0 Å². The second-order valence-corrected chi connectivity index (χ2v) is 5.36. The van der Waals surface area contributed by atoms with Gasteiger partial charge in [0.1, 0.15) is 17.2 Å². The first-order valence-corrected chi connectivity index (χ1v) is 6.61. The van der Waals surface area contributed by atoms with Crippen molar-refractivity contribution in [3.05, 3.63) is 23.8 Å². The number of nitrogens with two attached hydrogens (primary N) is 1. The second-order valence-electron chi connectivity index (χ2n) is 3.63. The van der Waals surface area contributed by atoms with Gasteiger partial charge in [0, 0.05) is 6.54 Å². The Bertz CT molecular complexity index is 543. The van der Waals surface area contributed by atoms with Crippen LogP contribution in [-0.4, -0.2) is 28.2 Å². The Morgan fingerprint density at radius 1 is 1.37 bits per heavy atom. The maximum absolute atomic E-state index is 12.1. The third kappa shape index (κ3) is 4.37. The molecule has 0 aliphatic heterocycles. The highest BCUT2D eigenvalue weighted by molar-refractivity contribution is 7.89. The van der Waals surface area contributed by atoms with Crippen LogP contribution in [0.15, 0.2) is 23.1 Å². The molecule has 1 rings (SSSR count). The summed E-state index contributed by atoms with van der Waals surface area (Å²) in [6.07, 6.45) is -4.63. The van der Waals surface area contributed by atoms with Gasteiger partial charge >= 0.3 is 6.18 Å². The molecule has 0 amide bonds. The molecule has 0 aliphatic rings. The van der Waals surface area contributed by atoms with Crippen LogP contribution in [0.4, 0.5) is 13.2 Å². The van der Waals surface area contributed by atoms with E-state index in [4.69, 9.17) is 10.5 Å². The zero-order chi connectivity index (χ0) is 14.7. The molecule has 0 radical (unpaired) electrons. The topological polar surface area (TPSA) is 81.4 Å². The average Bonchev–Trinajstić information content (AvgIpc) is 2.35. The van der Waals surface area contributed by atoms with Crippen molar-refractivity contribution in [3.8, 4) is 5.75 Å². The van der Waals surface area contributed by atoms with Crippen molar-refractivity contribution < 1.29 is 26.3 Å². The molecular weight excluding hydrogens is 285 g/mol. The fraction of sp³-hybridized carbons (Fsp3) is 0.400. The molecule has 0 fully saturated rings. The highest BCUT2D eigenvalue weighted by atomic mass is 32.2. The Morgan fingerprint density at radius 2 is 2.00 bits per heavy atom. The van der Waals surface area contributed by atoms with Crippen molar-refractivity contribution in [1.82, 2.24) is 4.72 Å². The Labute approximate surface area is 108 Å². The van der Waals surface area contributed by atoms with Crippen molar-refractivity contribution in [2.45, 2.75) is 17.6 Å². The molecule has 0 aliphatic carbocycles. The summed E-state index contributed by atoms with van der Waals surface area (Å²) in [6, 6.07) is 4.05. The second kappa shape index (κ2) is 5.76. The van der Waals surface area contributed by atoms with Crippen molar-refractivity contribution in [2.24, 2.45) is 5.73 Å². The summed E-state index contributed by atoms with van der Waals surface area (Å²) in [5.74, 6) is -0.0492. The van der Waals surface area contributed by atoms with Gasteiger partial charge in [0.25, 0.3) is 0 Å². The predicted molar refractivity (Wildman–Crippen MR) is 62.1 cm³/mol. The molecular formula is C10H13F3N2O3S. The molecule has 9 heteroatoms. The average molecular weight is 298 g/mol. The first-order valence-electron chi connectivity index (χ1n) is 5.13. The van der Waals surface area contributed by atoms with Gasteiger partial charge in [-0.2, -0.15) is 13.2 Å². The van der Waals surface area contributed by atoms with Crippen molar-refractivity contribution >= 4 is 10.0 Å². The van der Waals surface area contributed by atoms with Gasteiger partial charge in [-0.15, -0.1) is 0 Å². The van der Waals surface area contributed by atoms with Crippen LogP contribution in [0, 0.1) is 0 Å². The number of rotatable bonds is 5. The lowest BCUT2D eigenvalue weighted by atomic mass is 10.2. The van der Waals surface area contributed by atoms with Crippen LogP contribution < -0.4 is 15.2 Å². The predicted octanol–water partition coefficient (Wildman–Crippen LogP) is 0.995. The molecule has 0 atom stereocenters. The van der Waals surface area contributed by atoms with E-state index in [2.05, 4.69) is 0 Å². The van der Waals surface area contributed by atoms with Crippen LogP contribution in [0.25, 0.3) is 0 Å². The first-order chi connectivity index (χ1) is 8.69.